The molecule has 5 rings (SSSR count). The Balaban J connectivity index is 1.51. The van der Waals surface area contributed by atoms with Gasteiger partial charge < -0.3 is 20.1 Å². The second-order valence-electron chi connectivity index (χ2n) is 8.80. The smallest absolute Gasteiger partial charge is 0.416 e. The average Bonchev–Trinajstić information content (AvgIpc) is 3.55. The van der Waals surface area contributed by atoms with Crippen molar-refractivity contribution in [2.24, 2.45) is 0 Å². The minimum Gasteiger partial charge on any atom is -0.493 e. The summed E-state index contributed by atoms with van der Waals surface area (Å²) >= 11 is 0. The lowest BCUT2D eigenvalue weighted by atomic mass is 10.0. The number of methoxy groups -OCH3 is 1. The number of hydrogen-bond donors (Lipinski definition) is 1. The zero-order valence-corrected chi connectivity index (χ0v) is 21.0. The van der Waals surface area contributed by atoms with E-state index in [1.54, 1.807) is 40.6 Å². The van der Waals surface area contributed by atoms with E-state index >= 15 is 0 Å². The third-order valence-corrected chi connectivity index (χ3v) is 6.40. The fourth-order valence-electron chi connectivity index (χ4n) is 4.58. The van der Waals surface area contributed by atoms with Crippen LogP contribution in [0.3, 0.4) is 0 Å². The molecule has 1 atom stereocenters. The molecule has 1 saturated heterocycles. The molecular formula is C27H23F3N6O3. The molecular weight excluding hydrogens is 513 g/mol. The Morgan fingerprint density at radius 1 is 1.13 bits per heavy atom. The van der Waals surface area contributed by atoms with Gasteiger partial charge in [0.05, 0.1) is 23.9 Å². The maximum absolute atomic E-state index is 13.1. The van der Waals surface area contributed by atoms with Crippen molar-refractivity contribution in [3.8, 4) is 40.6 Å². The lowest BCUT2D eigenvalue weighted by Crippen LogP contribution is -2.26. The average molecular weight is 537 g/mol. The summed E-state index contributed by atoms with van der Waals surface area (Å²) in [5.41, 5.74) is 7.50. The quantitative estimate of drug-likeness (QED) is 0.374. The number of alkyl halides is 3. The number of hydrogen-bond acceptors (Lipinski definition) is 7. The van der Waals surface area contributed by atoms with Gasteiger partial charge in [-0.2, -0.15) is 13.2 Å². The van der Waals surface area contributed by atoms with Crippen molar-refractivity contribution in [1.82, 2.24) is 24.3 Å². The predicted octanol–water partition coefficient (Wildman–Crippen LogP) is 4.53. The minimum atomic E-state index is -4.53. The zero-order valence-electron chi connectivity index (χ0n) is 21.0. The zero-order chi connectivity index (χ0) is 27.7. The summed E-state index contributed by atoms with van der Waals surface area (Å²) in [6.45, 7) is 2.66. The molecule has 0 spiro atoms. The van der Waals surface area contributed by atoms with Crippen LogP contribution in [0.4, 0.5) is 19.1 Å². The van der Waals surface area contributed by atoms with E-state index in [9.17, 15) is 18.0 Å². The molecule has 4 heterocycles. The van der Waals surface area contributed by atoms with Gasteiger partial charge in [-0.15, -0.1) is 0 Å². The molecule has 9 nitrogen and oxygen atoms in total. The number of nitrogen functional groups attached to an aromatic ring is 1. The highest BCUT2D eigenvalue weighted by atomic mass is 19.4. The molecule has 1 aliphatic rings. The molecule has 39 heavy (non-hydrogen) atoms. The second-order valence-corrected chi connectivity index (χ2v) is 8.80. The molecule has 3 aromatic heterocycles. The second kappa shape index (κ2) is 10.2. The van der Waals surface area contributed by atoms with Gasteiger partial charge in [-0.3, -0.25) is 9.20 Å². The summed E-state index contributed by atoms with van der Waals surface area (Å²) in [6.07, 6.45) is -1.19. The molecule has 4 aromatic rings. The number of amides is 1. The van der Waals surface area contributed by atoms with Crippen LogP contribution < -0.4 is 15.2 Å². The number of nitrogens with two attached hydrogens (primary N) is 1. The Morgan fingerprint density at radius 2 is 1.92 bits per heavy atom. The van der Waals surface area contributed by atoms with Crippen LogP contribution in [0.2, 0.25) is 0 Å². The first-order valence-corrected chi connectivity index (χ1v) is 11.9. The summed E-state index contributed by atoms with van der Waals surface area (Å²) in [6, 6.07) is 8.39. The largest absolute Gasteiger partial charge is 0.493 e. The molecule has 0 aliphatic carbocycles. The van der Waals surface area contributed by atoms with Gasteiger partial charge in [-0.05, 0) is 49.6 Å². The number of rotatable bonds is 5. The van der Waals surface area contributed by atoms with Crippen molar-refractivity contribution < 1.29 is 27.4 Å². The molecule has 1 amide bonds. The third-order valence-electron chi connectivity index (χ3n) is 6.40. The number of nitrogens with zero attached hydrogens (tertiary/aromatic N) is 5. The molecule has 12 heteroatoms. The number of carbonyl (C=O) groups is 1. The Bertz CT molecular complexity index is 1620. The minimum absolute atomic E-state index is 0.0327. The topological polar surface area (TPSA) is 108 Å². The van der Waals surface area contributed by atoms with Crippen molar-refractivity contribution in [3.63, 3.8) is 0 Å². The molecule has 1 aromatic carbocycles. The van der Waals surface area contributed by atoms with E-state index in [1.807, 2.05) is 6.07 Å². The number of pyridine rings is 1. The lowest BCUT2D eigenvalue weighted by Gasteiger charge is -2.13. The van der Waals surface area contributed by atoms with Crippen LogP contribution >= 0.6 is 0 Å². The van der Waals surface area contributed by atoms with Gasteiger partial charge in [0.25, 0.3) is 5.91 Å². The van der Waals surface area contributed by atoms with Crippen LogP contribution in [0.15, 0.2) is 48.8 Å². The Hall–Kier alpha value is -4.79. The first-order valence-electron chi connectivity index (χ1n) is 11.9. The van der Waals surface area contributed by atoms with Crippen LogP contribution in [0.5, 0.6) is 17.4 Å². The number of ether oxygens (including phenoxy) is 2. The number of likely N-dealkylation sites (tertiary alicyclic amines) is 1. The Kier molecular flexibility index (Phi) is 6.74. The van der Waals surface area contributed by atoms with Gasteiger partial charge >= 0.3 is 6.18 Å². The molecule has 200 valence electrons. The van der Waals surface area contributed by atoms with E-state index in [0.717, 1.165) is 29.5 Å². The SMILES string of the molecule is CC#CC(=O)N1CCC(c2nc(-c3ccc(Oc4cc(C(F)(F)F)ccn4)c(OC)c3)n3c(N)nccc23)C1. The van der Waals surface area contributed by atoms with Gasteiger partial charge in [-0.1, -0.05) is 5.92 Å². The molecule has 1 unspecified atom stereocenters. The van der Waals surface area contributed by atoms with Gasteiger partial charge in [0.2, 0.25) is 11.8 Å². The molecule has 0 saturated carbocycles. The first kappa shape index (κ1) is 25.8. The maximum atomic E-state index is 13.1. The number of benzene rings is 1. The van der Waals surface area contributed by atoms with Crippen molar-refractivity contribution in [1.29, 1.82) is 0 Å². The van der Waals surface area contributed by atoms with Gasteiger partial charge in [0, 0.05) is 43.0 Å². The van der Waals surface area contributed by atoms with Crippen molar-refractivity contribution in [2.45, 2.75) is 25.4 Å². The van der Waals surface area contributed by atoms with Gasteiger partial charge in [0.1, 0.15) is 5.82 Å². The number of aromatic nitrogens is 4. The highest BCUT2D eigenvalue weighted by molar-refractivity contribution is 5.93. The molecule has 0 radical (unpaired) electrons. The first-order chi connectivity index (χ1) is 18.7. The fourth-order valence-corrected chi connectivity index (χ4v) is 4.58. The normalized spacial score (nSPS) is 15.2. The predicted molar refractivity (Wildman–Crippen MR) is 136 cm³/mol. The lowest BCUT2D eigenvalue weighted by molar-refractivity contribution is -0.137. The fraction of sp³-hybridized carbons (Fsp3) is 0.259. The van der Waals surface area contributed by atoms with Crippen molar-refractivity contribution in [3.05, 3.63) is 60.0 Å². The number of halogens is 3. The summed E-state index contributed by atoms with van der Waals surface area (Å²) in [7, 11) is 1.42. The van der Waals surface area contributed by atoms with Crippen LogP contribution in [0, 0.1) is 11.8 Å². The standard InChI is InChI=1S/C27H23F3N6O3/c1-3-4-23(37)35-12-9-17(15-35)24-19-8-11-33-26(31)36(19)25(34-24)16-5-6-20(21(13-16)38-2)39-22-14-18(7-10-32-22)27(28,29)30/h5-8,10-11,13-14,17H,9,12,15H2,1-2H3,(H2,31,33). The number of fused-ring (bicyclic) bond motifs is 1. The van der Waals surface area contributed by atoms with E-state index in [2.05, 4.69) is 21.8 Å². The summed E-state index contributed by atoms with van der Waals surface area (Å²) in [5.74, 6) is 5.86. The summed E-state index contributed by atoms with van der Waals surface area (Å²) in [4.78, 5) is 27.0. The van der Waals surface area contributed by atoms with E-state index in [-0.39, 0.29) is 35.2 Å². The number of imidazole rings is 1. The summed E-state index contributed by atoms with van der Waals surface area (Å²) < 4.78 is 52.1. The number of anilines is 1. The van der Waals surface area contributed by atoms with E-state index in [4.69, 9.17) is 20.2 Å². The Morgan fingerprint density at radius 3 is 2.67 bits per heavy atom. The highest BCUT2D eigenvalue weighted by Gasteiger charge is 2.32. The van der Waals surface area contributed by atoms with E-state index in [0.29, 0.717) is 30.9 Å². The van der Waals surface area contributed by atoms with Gasteiger partial charge in [0.15, 0.2) is 11.5 Å². The highest BCUT2D eigenvalue weighted by Crippen LogP contribution is 2.39. The summed E-state index contributed by atoms with van der Waals surface area (Å²) in [5, 5.41) is 0. The Labute approximate surface area is 221 Å². The molecule has 1 aliphatic heterocycles. The molecule has 2 N–H and O–H groups in total. The molecule has 1 fully saturated rings. The van der Waals surface area contributed by atoms with Crippen LogP contribution in [-0.2, 0) is 11.0 Å². The third kappa shape index (κ3) is 5.03. The molecule has 0 bridgehead atoms. The van der Waals surface area contributed by atoms with E-state index in [1.165, 1.54) is 7.11 Å². The monoisotopic (exact) mass is 536 g/mol. The van der Waals surface area contributed by atoms with Gasteiger partial charge in [-0.25, -0.2) is 15.0 Å². The number of carbonyl (C=O) groups excluding carboxylic acids is 1. The maximum Gasteiger partial charge on any atom is 0.416 e. The van der Waals surface area contributed by atoms with E-state index < -0.39 is 11.7 Å². The van der Waals surface area contributed by atoms with Crippen LogP contribution in [0.25, 0.3) is 16.9 Å². The van der Waals surface area contributed by atoms with Crippen LogP contribution in [-0.4, -0.2) is 50.4 Å². The van der Waals surface area contributed by atoms with Crippen molar-refractivity contribution in [2.75, 3.05) is 25.9 Å². The van der Waals surface area contributed by atoms with Crippen molar-refractivity contribution >= 4 is 17.4 Å². The van der Waals surface area contributed by atoms with Crippen LogP contribution in [0.1, 0.15) is 30.5 Å².